The molecule has 214 valence electrons. The molecule has 1 atom stereocenters. The van der Waals surface area contributed by atoms with Crippen LogP contribution in [0.1, 0.15) is 45.2 Å². The molecule has 0 heterocycles. The minimum Gasteiger partial charge on any atom is -1.00 e. The Labute approximate surface area is 269 Å². The van der Waals surface area contributed by atoms with E-state index in [-0.39, 0.29) is 34.4 Å². The summed E-state index contributed by atoms with van der Waals surface area (Å²) in [5.74, 6) is 1.79. The van der Waals surface area contributed by atoms with E-state index < -0.39 is 0 Å². The average molecular weight is 583 g/mol. The van der Waals surface area contributed by atoms with E-state index in [9.17, 15) is 4.79 Å². The van der Waals surface area contributed by atoms with Crippen LogP contribution in [0.2, 0.25) is 0 Å². The third-order valence-electron chi connectivity index (χ3n) is 6.90. The van der Waals surface area contributed by atoms with Gasteiger partial charge in [0.2, 0.25) is 0 Å². The molecule has 43 heavy (non-hydrogen) atoms. The van der Waals surface area contributed by atoms with E-state index in [4.69, 9.17) is 14.2 Å². The number of ether oxygens (including phenoxy) is 3. The molecule has 0 aliphatic carbocycles. The van der Waals surface area contributed by atoms with Crippen LogP contribution in [0.25, 0.3) is 0 Å². The summed E-state index contributed by atoms with van der Waals surface area (Å²) in [7, 11) is -0.195. The van der Waals surface area contributed by atoms with Crippen molar-refractivity contribution in [1.29, 1.82) is 0 Å². The molecule has 0 radical (unpaired) electrons. The number of benzene rings is 5. The molecule has 1 unspecified atom stereocenters. The van der Waals surface area contributed by atoms with Gasteiger partial charge in [-0.15, -0.1) is 0 Å². The minimum absolute atomic E-state index is 0. The van der Waals surface area contributed by atoms with Crippen molar-refractivity contribution in [1.82, 2.24) is 0 Å². The van der Waals surface area contributed by atoms with E-state index >= 15 is 0 Å². The average Bonchev–Trinajstić information content (AvgIpc) is 3.00. The maximum atomic E-state index is 13.9. The summed E-state index contributed by atoms with van der Waals surface area (Å²) in [4.78, 5) is 13.9. The van der Waals surface area contributed by atoms with Gasteiger partial charge >= 0.3 is 18.9 Å². The van der Waals surface area contributed by atoms with E-state index in [1.54, 1.807) is 0 Å². The fraction of sp³-hybridized carbons (Fsp3) is 0.162. The van der Waals surface area contributed by atoms with Crippen LogP contribution in [-0.2, 0) is 19.8 Å². The van der Waals surface area contributed by atoms with Crippen molar-refractivity contribution in [2.75, 3.05) is 0 Å². The largest absolute Gasteiger partial charge is 1.00 e. The number of carbonyl (C=O) groups excluding carboxylic acids is 1. The standard InChI is InChI=1S/C37H35O4P.Li.H/c1-26-19-27(2)35(28(3)20-26)37(38)42-36-33(40-24-30-15-9-5-10-16-30)21-32(39-23-29-13-7-4-8-14-29)22-34(36)41-25-31-17-11-6-12-18-31;;/h4-22,42H,23-25H2,1-3H3;;/q;+1;-1. The van der Waals surface area contributed by atoms with Crippen LogP contribution in [0.3, 0.4) is 0 Å². The molecule has 0 fully saturated rings. The van der Waals surface area contributed by atoms with Crippen LogP contribution < -0.4 is 38.4 Å². The van der Waals surface area contributed by atoms with E-state index in [2.05, 4.69) is 19.1 Å². The van der Waals surface area contributed by atoms with Crippen molar-refractivity contribution < 1.29 is 39.3 Å². The van der Waals surface area contributed by atoms with Gasteiger partial charge in [-0.05, 0) is 57.2 Å². The molecule has 0 bridgehead atoms. The molecule has 0 saturated heterocycles. The Hall–Kier alpha value is -3.80. The first-order valence-electron chi connectivity index (χ1n) is 14.0. The zero-order chi connectivity index (χ0) is 29.3. The fourth-order valence-electron chi connectivity index (χ4n) is 4.93. The summed E-state index contributed by atoms with van der Waals surface area (Å²) in [6, 6.07) is 37.9. The van der Waals surface area contributed by atoms with E-state index in [0.29, 0.717) is 37.1 Å². The summed E-state index contributed by atoms with van der Waals surface area (Å²) in [6.45, 7) is 7.16. The van der Waals surface area contributed by atoms with Crippen molar-refractivity contribution in [2.45, 2.75) is 40.6 Å². The third-order valence-corrected chi connectivity index (χ3v) is 8.12. The monoisotopic (exact) mass is 582 g/mol. The molecule has 5 rings (SSSR count). The SMILES string of the molecule is Cc1cc(C)c(C(=O)Pc2c(OCc3ccccc3)cc(OCc3ccccc3)cc2OCc2ccccc2)c(C)c1.[H-].[Li+]. The molecule has 5 aromatic rings. The molecular weight excluding hydrogens is 546 g/mol. The molecule has 4 nitrogen and oxygen atoms in total. The van der Waals surface area contributed by atoms with Crippen LogP contribution in [0.4, 0.5) is 0 Å². The predicted octanol–water partition coefficient (Wildman–Crippen LogP) is 5.61. The summed E-state index contributed by atoms with van der Waals surface area (Å²) in [5, 5.41) is 0.735. The minimum atomic E-state index is -0.195. The van der Waals surface area contributed by atoms with Gasteiger partial charge in [0, 0.05) is 17.7 Å². The molecule has 6 heteroatoms. The van der Waals surface area contributed by atoms with Gasteiger partial charge in [0.05, 0.1) is 5.30 Å². The summed E-state index contributed by atoms with van der Waals surface area (Å²) >= 11 is 0. The first-order chi connectivity index (χ1) is 20.5. The zero-order valence-corrected chi connectivity index (χ0v) is 26.2. The van der Waals surface area contributed by atoms with Gasteiger partial charge in [0.1, 0.15) is 37.1 Å². The van der Waals surface area contributed by atoms with Gasteiger partial charge in [-0.25, -0.2) is 0 Å². The molecule has 0 amide bonds. The van der Waals surface area contributed by atoms with E-state index in [0.717, 1.165) is 44.2 Å². The zero-order valence-electron chi connectivity index (χ0n) is 26.2. The van der Waals surface area contributed by atoms with Crippen molar-refractivity contribution in [2.24, 2.45) is 0 Å². The first-order valence-corrected chi connectivity index (χ1v) is 15.0. The van der Waals surface area contributed by atoms with Crippen LogP contribution in [0.5, 0.6) is 17.2 Å². The maximum absolute atomic E-state index is 13.9. The molecule has 0 spiro atoms. The third kappa shape index (κ3) is 8.85. The first kappa shape index (κ1) is 32.1. The maximum Gasteiger partial charge on any atom is 1.00 e. The van der Waals surface area contributed by atoms with Crippen LogP contribution in [0.15, 0.2) is 115 Å². The normalized spacial score (nSPS) is 10.8. The second-order valence-electron chi connectivity index (χ2n) is 10.3. The summed E-state index contributed by atoms with van der Waals surface area (Å²) in [6.07, 6.45) is 0. The van der Waals surface area contributed by atoms with Crippen molar-refractivity contribution in [3.63, 3.8) is 0 Å². The smallest absolute Gasteiger partial charge is 1.00 e. The molecule has 0 saturated carbocycles. The number of hydrogen-bond acceptors (Lipinski definition) is 4. The number of aryl methyl sites for hydroxylation is 3. The Bertz CT molecular complexity index is 1560. The van der Waals surface area contributed by atoms with E-state index in [1.165, 1.54) is 0 Å². The van der Waals surface area contributed by atoms with Gasteiger partial charge in [0.25, 0.3) is 0 Å². The van der Waals surface area contributed by atoms with E-state index in [1.807, 2.05) is 117 Å². The second-order valence-corrected chi connectivity index (χ2v) is 11.5. The summed E-state index contributed by atoms with van der Waals surface area (Å²) < 4.78 is 19.1. The molecule has 5 aromatic carbocycles. The topological polar surface area (TPSA) is 44.8 Å². The fourth-order valence-corrected chi connectivity index (χ4v) is 6.21. The number of carbonyl (C=O) groups is 1. The Kier molecular flexibility index (Phi) is 11.7. The van der Waals surface area contributed by atoms with Crippen molar-refractivity contribution >= 4 is 19.4 Å². The van der Waals surface area contributed by atoms with Crippen LogP contribution >= 0.6 is 8.58 Å². The molecule has 0 aromatic heterocycles. The van der Waals surface area contributed by atoms with Gasteiger partial charge < -0.3 is 15.6 Å². The number of hydrogen-bond donors (Lipinski definition) is 0. The Morgan fingerprint density at radius 2 is 1.00 bits per heavy atom. The number of rotatable bonds is 12. The molecule has 0 aliphatic heterocycles. The Balaban J connectivity index is 0.00000264. The molecular formula is C37H36LiO4P. The predicted molar refractivity (Wildman–Crippen MR) is 173 cm³/mol. The van der Waals surface area contributed by atoms with Crippen molar-refractivity contribution in [3.05, 3.63) is 154 Å². The van der Waals surface area contributed by atoms with Gasteiger partial charge in [0.15, 0.2) is 5.52 Å². The molecule has 0 aliphatic rings. The second kappa shape index (κ2) is 15.6. The van der Waals surface area contributed by atoms with Gasteiger partial charge in [-0.1, -0.05) is 109 Å². The Morgan fingerprint density at radius 3 is 1.42 bits per heavy atom. The summed E-state index contributed by atoms with van der Waals surface area (Å²) in [5.41, 5.74) is 7.03. The van der Waals surface area contributed by atoms with Crippen LogP contribution in [0, 0.1) is 20.8 Å². The quantitative estimate of drug-likeness (QED) is 0.142. The Morgan fingerprint density at radius 1 is 0.605 bits per heavy atom. The van der Waals surface area contributed by atoms with Crippen molar-refractivity contribution in [3.8, 4) is 17.2 Å². The van der Waals surface area contributed by atoms with Gasteiger partial charge in [-0.3, -0.25) is 4.79 Å². The van der Waals surface area contributed by atoms with Crippen LogP contribution in [-0.4, -0.2) is 5.52 Å². The molecule has 0 N–H and O–H groups in total. The van der Waals surface area contributed by atoms with Gasteiger partial charge in [-0.2, -0.15) is 0 Å².